The normalized spacial score (nSPS) is 13.1. The van der Waals surface area contributed by atoms with Crippen LogP contribution in [0.5, 0.6) is 5.75 Å². The molecule has 0 aliphatic carbocycles. The van der Waals surface area contributed by atoms with E-state index in [-0.39, 0.29) is 12.2 Å². The number of hydrogen-bond acceptors (Lipinski definition) is 5. The topological polar surface area (TPSA) is 56.8 Å². The maximum Gasteiger partial charge on any atom is 0.352 e. The van der Waals surface area contributed by atoms with Crippen LogP contribution in [0.2, 0.25) is 0 Å². The summed E-state index contributed by atoms with van der Waals surface area (Å²) in [5, 5.41) is 3.39. The second-order valence-electron chi connectivity index (χ2n) is 6.89. The highest BCUT2D eigenvalue weighted by Crippen LogP contribution is 2.61. The Bertz CT molecular complexity index is 718. The highest BCUT2D eigenvalue weighted by molar-refractivity contribution is 7.54. The summed E-state index contributed by atoms with van der Waals surface area (Å²) in [7, 11) is -1.86. The fraction of sp³-hybridized carbons (Fsp3) is 0.429. The van der Waals surface area contributed by atoms with Crippen LogP contribution in [0, 0.1) is 0 Å². The lowest BCUT2D eigenvalue weighted by Crippen LogP contribution is -2.25. The quantitative estimate of drug-likeness (QED) is 0.540. The summed E-state index contributed by atoms with van der Waals surface area (Å²) in [5.74, 6) is 0.151. The summed E-state index contributed by atoms with van der Waals surface area (Å²) in [6, 6.07) is 17.5. The fourth-order valence-corrected chi connectivity index (χ4v) is 5.06. The molecule has 0 aromatic heterocycles. The van der Waals surface area contributed by atoms with Gasteiger partial charge in [0.05, 0.1) is 19.3 Å². The van der Waals surface area contributed by atoms with Crippen LogP contribution in [0.4, 0.5) is 0 Å². The largest absolute Gasteiger partial charge is 0.497 e. The summed E-state index contributed by atoms with van der Waals surface area (Å²) < 4.78 is 30.7. The molecule has 0 radical (unpaired) electrons. The molecule has 6 heteroatoms. The summed E-state index contributed by atoms with van der Waals surface area (Å²) >= 11 is 0. The molecule has 5 nitrogen and oxygen atoms in total. The SMILES string of the molecule is COc1ccc([C@@H](NCc2ccccc2)P(=O)(OC(C)C)OC(C)C)cc1. The van der Waals surface area contributed by atoms with Crippen molar-refractivity contribution in [3.05, 3.63) is 65.7 Å². The van der Waals surface area contributed by atoms with Crippen molar-refractivity contribution in [2.75, 3.05) is 7.11 Å². The molecule has 1 N–H and O–H groups in total. The van der Waals surface area contributed by atoms with Crippen molar-refractivity contribution in [3.8, 4) is 5.75 Å². The zero-order chi connectivity index (χ0) is 19.9. The molecule has 0 heterocycles. The van der Waals surface area contributed by atoms with Crippen molar-refractivity contribution in [2.24, 2.45) is 0 Å². The number of methoxy groups -OCH3 is 1. The minimum absolute atomic E-state index is 0.228. The van der Waals surface area contributed by atoms with E-state index < -0.39 is 13.4 Å². The highest BCUT2D eigenvalue weighted by atomic mass is 31.2. The van der Waals surface area contributed by atoms with Crippen LogP contribution >= 0.6 is 7.60 Å². The molecular weight excluding hydrogens is 361 g/mol. The van der Waals surface area contributed by atoms with Gasteiger partial charge in [-0.3, -0.25) is 9.88 Å². The van der Waals surface area contributed by atoms with Gasteiger partial charge in [0.2, 0.25) is 0 Å². The minimum Gasteiger partial charge on any atom is -0.497 e. The molecule has 0 spiro atoms. The van der Waals surface area contributed by atoms with E-state index >= 15 is 0 Å². The Labute approximate surface area is 162 Å². The molecule has 0 saturated heterocycles. The first-order chi connectivity index (χ1) is 12.8. The van der Waals surface area contributed by atoms with E-state index in [1.165, 1.54) is 0 Å². The molecule has 1 atom stereocenters. The van der Waals surface area contributed by atoms with Gasteiger partial charge in [-0.05, 0) is 51.0 Å². The maximum absolute atomic E-state index is 13.8. The second-order valence-corrected chi connectivity index (χ2v) is 8.91. The number of rotatable bonds is 10. The van der Waals surface area contributed by atoms with Gasteiger partial charge in [0.25, 0.3) is 0 Å². The molecule has 148 valence electrons. The highest BCUT2D eigenvalue weighted by Gasteiger charge is 2.39. The van der Waals surface area contributed by atoms with Crippen LogP contribution in [0.1, 0.15) is 44.6 Å². The van der Waals surface area contributed by atoms with Crippen LogP contribution in [0.15, 0.2) is 54.6 Å². The molecule has 0 aliphatic rings. The van der Waals surface area contributed by atoms with E-state index in [1.54, 1.807) is 7.11 Å². The van der Waals surface area contributed by atoms with E-state index in [0.717, 1.165) is 16.9 Å². The number of hydrogen-bond donors (Lipinski definition) is 1. The van der Waals surface area contributed by atoms with Crippen LogP contribution in [-0.4, -0.2) is 19.3 Å². The Balaban J connectivity index is 2.36. The summed E-state index contributed by atoms with van der Waals surface area (Å²) in [6.07, 6.45) is -0.456. The Morgan fingerprint density at radius 1 is 0.889 bits per heavy atom. The predicted molar refractivity (Wildman–Crippen MR) is 109 cm³/mol. The predicted octanol–water partition coefficient (Wildman–Crippen LogP) is 5.53. The summed E-state index contributed by atoms with van der Waals surface area (Å²) in [6.45, 7) is 7.99. The van der Waals surface area contributed by atoms with Gasteiger partial charge in [0.1, 0.15) is 11.5 Å². The van der Waals surface area contributed by atoms with Crippen molar-refractivity contribution in [1.82, 2.24) is 5.32 Å². The first-order valence-electron chi connectivity index (χ1n) is 9.22. The third-order valence-electron chi connectivity index (χ3n) is 3.81. The molecule has 0 amide bonds. The van der Waals surface area contributed by atoms with Crippen molar-refractivity contribution in [2.45, 2.75) is 52.2 Å². The standard InChI is InChI=1S/C21H30NO4P/c1-16(2)25-27(23,26-17(3)4)21(19-11-13-20(24-5)14-12-19)22-15-18-9-7-6-8-10-18/h6-14,16-17,21-22H,15H2,1-5H3/t21-/m0/s1. The molecule has 0 aliphatic heterocycles. The van der Waals surface area contributed by atoms with Gasteiger partial charge in [-0.2, -0.15) is 0 Å². The van der Waals surface area contributed by atoms with Gasteiger partial charge in [0, 0.05) is 6.54 Å². The average Bonchev–Trinajstić information content (AvgIpc) is 2.61. The third kappa shape index (κ3) is 6.47. The first kappa shape index (κ1) is 21.6. The molecule has 27 heavy (non-hydrogen) atoms. The fourth-order valence-electron chi connectivity index (χ4n) is 2.74. The monoisotopic (exact) mass is 391 g/mol. The molecule has 0 unspecified atom stereocenters. The van der Waals surface area contributed by atoms with Gasteiger partial charge < -0.3 is 13.8 Å². The Morgan fingerprint density at radius 3 is 1.93 bits per heavy atom. The lowest BCUT2D eigenvalue weighted by molar-refractivity contribution is 0.133. The molecule has 0 bridgehead atoms. The lowest BCUT2D eigenvalue weighted by Gasteiger charge is -2.31. The van der Waals surface area contributed by atoms with Crippen molar-refractivity contribution < 1.29 is 18.3 Å². The smallest absolute Gasteiger partial charge is 0.352 e. The van der Waals surface area contributed by atoms with Crippen LogP contribution in [0.3, 0.4) is 0 Å². The van der Waals surface area contributed by atoms with E-state index in [2.05, 4.69) is 5.32 Å². The zero-order valence-electron chi connectivity index (χ0n) is 16.7. The Hall–Kier alpha value is -1.65. The van der Waals surface area contributed by atoms with Gasteiger partial charge in [-0.15, -0.1) is 0 Å². The Morgan fingerprint density at radius 2 is 1.44 bits per heavy atom. The van der Waals surface area contributed by atoms with Crippen LogP contribution in [0.25, 0.3) is 0 Å². The number of benzene rings is 2. The maximum atomic E-state index is 13.8. The van der Waals surface area contributed by atoms with Gasteiger partial charge >= 0.3 is 7.60 Å². The van der Waals surface area contributed by atoms with E-state index in [0.29, 0.717) is 6.54 Å². The summed E-state index contributed by atoms with van der Waals surface area (Å²) in [4.78, 5) is 0. The van der Waals surface area contributed by atoms with E-state index in [4.69, 9.17) is 13.8 Å². The molecule has 0 saturated carbocycles. The van der Waals surface area contributed by atoms with Crippen LogP contribution < -0.4 is 10.1 Å². The van der Waals surface area contributed by atoms with Gasteiger partial charge in [0.15, 0.2) is 0 Å². The van der Waals surface area contributed by atoms with E-state index in [1.807, 2.05) is 82.3 Å². The molecule has 2 rings (SSSR count). The lowest BCUT2D eigenvalue weighted by atomic mass is 10.2. The van der Waals surface area contributed by atoms with Gasteiger partial charge in [-0.1, -0.05) is 42.5 Å². The first-order valence-corrected chi connectivity index (χ1v) is 10.8. The zero-order valence-corrected chi connectivity index (χ0v) is 17.6. The number of ether oxygens (including phenoxy) is 1. The molecule has 2 aromatic carbocycles. The van der Waals surface area contributed by atoms with Crippen molar-refractivity contribution in [3.63, 3.8) is 0 Å². The summed E-state index contributed by atoms with van der Waals surface area (Å²) in [5.41, 5.74) is 1.92. The Kier molecular flexibility index (Phi) is 8.06. The third-order valence-corrected chi connectivity index (χ3v) is 6.35. The van der Waals surface area contributed by atoms with Gasteiger partial charge in [-0.25, -0.2) is 0 Å². The minimum atomic E-state index is -3.48. The van der Waals surface area contributed by atoms with Crippen molar-refractivity contribution in [1.29, 1.82) is 0 Å². The molecule has 2 aromatic rings. The molecule has 0 fully saturated rings. The molecular formula is C21H30NO4P. The second kappa shape index (κ2) is 10.0. The van der Waals surface area contributed by atoms with Crippen molar-refractivity contribution >= 4 is 7.60 Å². The average molecular weight is 391 g/mol. The number of nitrogens with one attached hydrogen (secondary N) is 1. The van der Waals surface area contributed by atoms with Crippen LogP contribution in [-0.2, 0) is 20.2 Å². The van der Waals surface area contributed by atoms with E-state index in [9.17, 15) is 4.57 Å².